The topological polar surface area (TPSA) is 66.5 Å². The first-order chi connectivity index (χ1) is 10.6. The van der Waals surface area contributed by atoms with Gasteiger partial charge in [0.25, 0.3) is 5.91 Å². The van der Waals surface area contributed by atoms with Crippen LogP contribution in [0.1, 0.15) is 0 Å². The third kappa shape index (κ3) is 2.46. The van der Waals surface area contributed by atoms with Crippen molar-refractivity contribution in [3.8, 4) is 17.2 Å². The van der Waals surface area contributed by atoms with Gasteiger partial charge in [-0.15, -0.1) is 0 Å². The van der Waals surface area contributed by atoms with Crippen LogP contribution >= 0.6 is 0 Å². The summed E-state index contributed by atoms with van der Waals surface area (Å²) in [5.41, 5.74) is -0.266. The van der Waals surface area contributed by atoms with Crippen LogP contribution in [-0.4, -0.2) is 60.2 Å². The number of anilines is 1. The summed E-state index contributed by atoms with van der Waals surface area (Å²) in [7, 11) is 7.63. The minimum Gasteiger partial charge on any atom is -0.493 e. The van der Waals surface area contributed by atoms with Crippen LogP contribution < -0.4 is 19.1 Å². The predicted octanol–water partition coefficient (Wildman–Crippen LogP) is 1.09. The Hall–Kier alpha value is -1.99. The van der Waals surface area contributed by atoms with E-state index in [1.165, 1.54) is 35.5 Å². The fourth-order valence-corrected chi connectivity index (χ4v) is 2.53. The molecule has 0 aromatic heterocycles. The largest absolute Gasteiger partial charge is 0.493 e. The van der Waals surface area contributed by atoms with Gasteiger partial charge in [-0.25, -0.2) is 0 Å². The Labute approximate surface area is 129 Å². The fourth-order valence-electron chi connectivity index (χ4n) is 2.53. The van der Waals surface area contributed by atoms with Crippen molar-refractivity contribution in [3.05, 3.63) is 12.1 Å². The minimum atomic E-state index is -0.921. The summed E-state index contributed by atoms with van der Waals surface area (Å²) in [6.07, 6.45) is 0. The summed E-state index contributed by atoms with van der Waals surface area (Å²) in [6, 6.07) is 3.46. The lowest BCUT2D eigenvalue weighted by molar-refractivity contribution is -0.158. The molecule has 1 aliphatic heterocycles. The quantitative estimate of drug-likeness (QED) is 0.702. The summed E-state index contributed by atoms with van der Waals surface area (Å²) < 4.78 is 26.3. The number of amides is 1. The summed E-state index contributed by atoms with van der Waals surface area (Å²) in [4.78, 5) is 14.1. The van der Waals surface area contributed by atoms with Crippen LogP contribution in [0.25, 0.3) is 0 Å². The van der Waals surface area contributed by atoms with E-state index in [4.69, 9.17) is 23.7 Å². The van der Waals surface area contributed by atoms with Gasteiger partial charge in [0.2, 0.25) is 5.75 Å². The molecule has 7 nitrogen and oxygen atoms in total. The number of β-lactam (4-membered cyclic amide) rings is 1. The lowest BCUT2D eigenvalue weighted by Crippen LogP contribution is -2.70. The molecular weight excluding hydrogens is 290 g/mol. The summed E-state index contributed by atoms with van der Waals surface area (Å²) in [5.74, 6) is 1.31. The van der Waals surface area contributed by atoms with Crippen molar-refractivity contribution in [2.45, 2.75) is 5.60 Å². The maximum atomic E-state index is 12.5. The maximum absolute atomic E-state index is 12.5. The molecule has 0 aliphatic carbocycles. The highest BCUT2D eigenvalue weighted by molar-refractivity contribution is 6.07. The average molecular weight is 311 g/mol. The lowest BCUT2D eigenvalue weighted by atomic mass is 9.92. The Morgan fingerprint density at radius 2 is 1.64 bits per heavy atom. The number of hydrogen-bond acceptors (Lipinski definition) is 6. The molecule has 22 heavy (non-hydrogen) atoms. The number of methoxy groups -OCH3 is 5. The van der Waals surface area contributed by atoms with Crippen LogP contribution in [0.2, 0.25) is 0 Å². The molecule has 0 saturated carbocycles. The molecule has 0 bridgehead atoms. The zero-order chi connectivity index (χ0) is 16.3. The van der Waals surface area contributed by atoms with Gasteiger partial charge >= 0.3 is 0 Å². The summed E-state index contributed by atoms with van der Waals surface area (Å²) in [5, 5.41) is 0. The van der Waals surface area contributed by atoms with E-state index in [0.717, 1.165) is 0 Å². The Morgan fingerprint density at radius 1 is 1.05 bits per heavy atom. The second kappa shape index (κ2) is 6.41. The Bertz CT molecular complexity index is 536. The lowest BCUT2D eigenvalue weighted by Gasteiger charge is -2.47. The molecule has 1 atom stereocenters. The zero-order valence-electron chi connectivity index (χ0n) is 13.5. The van der Waals surface area contributed by atoms with Crippen molar-refractivity contribution >= 4 is 11.6 Å². The second-order valence-electron chi connectivity index (χ2n) is 4.91. The van der Waals surface area contributed by atoms with Gasteiger partial charge in [-0.3, -0.25) is 4.79 Å². The zero-order valence-corrected chi connectivity index (χ0v) is 13.5. The standard InChI is InChI=1S/C15H21NO6/c1-18-9-15(22-5)8-16(14(15)17)10-6-11(19-2)13(21-4)12(7-10)20-3/h6-7H,8-9H2,1-5H3/t15-/m1/s1. The Kier molecular flexibility index (Phi) is 4.77. The molecule has 7 heteroatoms. The van der Waals surface area contributed by atoms with E-state index in [0.29, 0.717) is 29.5 Å². The van der Waals surface area contributed by atoms with Gasteiger partial charge < -0.3 is 28.6 Å². The summed E-state index contributed by atoms with van der Waals surface area (Å²) >= 11 is 0. The van der Waals surface area contributed by atoms with Crippen molar-refractivity contribution in [2.75, 3.05) is 53.6 Å². The number of hydrogen-bond donors (Lipinski definition) is 0. The Balaban J connectivity index is 2.33. The first-order valence-electron chi connectivity index (χ1n) is 6.73. The SMILES string of the molecule is COC[C@]1(OC)CN(c2cc(OC)c(OC)c(OC)c2)C1=O. The number of carbonyl (C=O) groups is 1. The van der Waals surface area contributed by atoms with E-state index in [2.05, 4.69) is 0 Å². The van der Waals surface area contributed by atoms with Gasteiger partial charge in [0, 0.05) is 26.4 Å². The molecular formula is C15H21NO6. The van der Waals surface area contributed by atoms with E-state index in [-0.39, 0.29) is 12.5 Å². The van der Waals surface area contributed by atoms with Crippen LogP contribution in [0.15, 0.2) is 12.1 Å². The first kappa shape index (κ1) is 16.4. The molecule has 0 radical (unpaired) electrons. The van der Waals surface area contributed by atoms with E-state index in [9.17, 15) is 4.79 Å². The maximum Gasteiger partial charge on any atom is 0.263 e. The predicted molar refractivity (Wildman–Crippen MR) is 80.1 cm³/mol. The van der Waals surface area contributed by atoms with E-state index < -0.39 is 5.60 Å². The van der Waals surface area contributed by atoms with Crippen molar-refractivity contribution in [2.24, 2.45) is 0 Å². The average Bonchev–Trinajstić information content (AvgIpc) is 2.56. The van der Waals surface area contributed by atoms with Crippen LogP contribution in [0.3, 0.4) is 0 Å². The van der Waals surface area contributed by atoms with Crippen molar-refractivity contribution in [3.63, 3.8) is 0 Å². The molecule has 1 heterocycles. The minimum absolute atomic E-state index is 0.161. The van der Waals surface area contributed by atoms with E-state index in [1.807, 2.05) is 0 Å². The molecule has 0 N–H and O–H groups in total. The van der Waals surface area contributed by atoms with Gasteiger partial charge in [0.1, 0.15) is 0 Å². The van der Waals surface area contributed by atoms with Crippen LogP contribution in [0.4, 0.5) is 5.69 Å². The Morgan fingerprint density at radius 3 is 2.00 bits per heavy atom. The second-order valence-corrected chi connectivity index (χ2v) is 4.91. The van der Waals surface area contributed by atoms with Crippen molar-refractivity contribution in [1.82, 2.24) is 0 Å². The number of rotatable bonds is 7. The highest BCUT2D eigenvalue weighted by Gasteiger charge is 2.53. The molecule has 1 saturated heterocycles. The number of benzene rings is 1. The molecule has 1 aromatic rings. The molecule has 2 rings (SSSR count). The molecule has 1 aliphatic rings. The van der Waals surface area contributed by atoms with Crippen LogP contribution in [0, 0.1) is 0 Å². The molecule has 1 amide bonds. The molecule has 122 valence electrons. The molecule has 1 aromatic carbocycles. The van der Waals surface area contributed by atoms with Crippen molar-refractivity contribution in [1.29, 1.82) is 0 Å². The van der Waals surface area contributed by atoms with E-state index in [1.54, 1.807) is 17.0 Å². The van der Waals surface area contributed by atoms with E-state index >= 15 is 0 Å². The summed E-state index contributed by atoms with van der Waals surface area (Å²) in [6.45, 7) is 0.609. The van der Waals surface area contributed by atoms with Gasteiger partial charge in [-0.05, 0) is 0 Å². The highest BCUT2D eigenvalue weighted by atomic mass is 16.5. The van der Waals surface area contributed by atoms with Gasteiger partial charge in [-0.2, -0.15) is 0 Å². The third-order valence-electron chi connectivity index (χ3n) is 3.78. The normalized spacial score (nSPS) is 20.6. The number of ether oxygens (including phenoxy) is 5. The smallest absolute Gasteiger partial charge is 0.263 e. The monoisotopic (exact) mass is 311 g/mol. The third-order valence-corrected chi connectivity index (χ3v) is 3.78. The number of nitrogens with zero attached hydrogens (tertiary/aromatic N) is 1. The van der Waals surface area contributed by atoms with Gasteiger partial charge in [-0.1, -0.05) is 0 Å². The van der Waals surface area contributed by atoms with Crippen LogP contribution in [-0.2, 0) is 14.3 Å². The molecule has 0 unspecified atom stereocenters. The molecule has 1 fully saturated rings. The van der Waals surface area contributed by atoms with Crippen LogP contribution in [0.5, 0.6) is 17.2 Å². The fraction of sp³-hybridized carbons (Fsp3) is 0.533. The van der Waals surface area contributed by atoms with Gasteiger partial charge in [0.05, 0.1) is 40.2 Å². The highest BCUT2D eigenvalue weighted by Crippen LogP contribution is 2.43. The van der Waals surface area contributed by atoms with Crippen molar-refractivity contribution < 1.29 is 28.5 Å². The first-order valence-corrected chi connectivity index (χ1v) is 6.73. The number of carbonyl (C=O) groups excluding carboxylic acids is 1. The van der Waals surface area contributed by atoms with Gasteiger partial charge in [0.15, 0.2) is 17.1 Å². The molecule has 0 spiro atoms.